The highest BCUT2D eigenvalue weighted by Crippen LogP contribution is 2.44. The van der Waals surface area contributed by atoms with Gasteiger partial charge in [-0.05, 0) is 6.07 Å². The number of phenols is 4. The largest absolute Gasteiger partial charge is 0.507 e. The number of benzene rings is 2. The second-order valence-corrected chi connectivity index (χ2v) is 3.84. The zero-order valence-electron chi connectivity index (χ0n) is 8.60. The number of hydrogen-bond donors (Lipinski definition) is 5. The summed E-state index contributed by atoms with van der Waals surface area (Å²) in [4.78, 5) is 2.78. The van der Waals surface area contributed by atoms with Crippen LogP contribution < -0.4 is 0 Å². The van der Waals surface area contributed by atoms with Crippen LogP contribution >= 0.6 is 0 Å². The second kappa shape index (κ2) is 2.98. The molecule has 86 valence electrons. The lowest BCUT2D eigenvalue weighted by atomic mass is 10.1. The highest BCUT2D eigenvalue weighted by atomic mass is 16.3. The number of fused-ring (bicyclic) bond motifs is 3. The number of nitrogens with one attached hydrogen (secondary N) is 1. The molecule has 0 bridgehead atoms. The molecule has 0 fully saturated rings. The smallest absolute Gasteiger partial charge is 0.182 e. The molecule has 17 heavy (non-hydrogen) atoms. The zero-order chi connectivity index (χ0) is 12.2. The molecule has 1 heterocycles. The second-order valence-electron chi connectivity index (χ2n) is 3.84. The van der Waals surface area contributed by atoms with Crippen LogP contribution in [0.1, 0.15) is 0 Å². The Labute approximate surface area is 95.2 Å². The molecular formula is C12H9NO4. The highest BCUT2D eigenvalue weighted by Gasteiger charge is 2.16. The van der Waals surface area contributed by atoms with Gasteiger partial charge in [-0.2, -0.15) is 0 Å². The molecule has 0 saturated carbocycles. The number of H-pyrrole nitrogens is 1. The van der Waals surface area contributed by atoms with Crippen molar-refractivity contribution in [1.29, 1.82) is 0 Å². The van der Waals surface area contributed by atoms with Crippen LogP contribution in [-0.4, -0.2) is 25.4 Å². The van der Waals surface area contributed by atoms with E-state index in [0.717, 1.165) is 6.07 Å². The fourth-order valence-corrected chi connectivity index (χ4v) is 2.04. The van der Waals surface area contributed by atoms with Gasteiger partial charge >= 0.3 is 0 Å². The number of aromatic amines is 1. The van der Waals surface area contributed by atoms with E-state index in [1.807, 2.05) is 0 Å². The Morgan fingerprint density at radius 3 is 2.35 bits per heavy atom. The summed E-state index contributed by atoms with van der Waals surface area (Å²) in [5.41, 5.74) is 0.595. The van der Waals surface area contributed by atoms with Crippen LogP contribution in [0.15, 0.2) is 24.3 Å². The van der Waals surface area contributed by atoms with Crippen molar-refractivity contribution >= 4 is 21.8 Å². The molecule has 0 unspecified atom stereocenters. The Hall–Kier alpha value is -2.56. The molecular weight excluding hydrogens is 222 g/mol. The first kappa shape index (κ1) is 9.65. The van der Waals surface area contributed by atoms with Crippen LogP contribution in [0, 0.1) is 0 Å². The first-order valence-corrected chi connectivity index (χ1v) is 4.97. The average Bonchev–Trinajstić information content (AvgIpc) is 2.67. The number of para-hydroxylation sites is 1. The van der Waals surface area contributed by atoms with Crippen LogP contribution in [0.2, 0.25) is 0 Å². The minimum Gasteiger partial charge on any atom is -0.507 e. The molecule has 0 aliphatic rings. The van der Waals surface area contributed by atoms with Gasteiger partial charge in [0.25, 0.3) is 0 Å². The van der Waals surface area contributed by atoms with Gasteiger partial charge in [0, 0.05) is 11.5 Å². The van der Waals surface area contributed by atoms with E-state index in [2.05, 4.69) is 4.98 Å². The Morgan fingerprint density at radius 1 is 0.824 bits per heavy atom. The molecule has 5 heteroatoms. The van der Waals surface area contributed by atoms with E-state index < -0.39 is 5.75 Å². The molecule has 2 aromatic carbocycles. The van der Waals surface area contributed by atoms with Gasteiger partial charge in [0.15, 0.2) is 11.5 Å². The third-order valence-corrected chi connectivity index (χ3v) is 2.82. The standard InChI is InChI=1S/C12H9NO4/c14-6-3-1-2-5-9-7(15)4-8(16)12(17)11(9)13-10(5)6/h1-4,13-17H. The average molecular weight is 231 g/mol. The van der Waals surface area contributed by atoms with Crippen molar-refractivity contribution in [3.05, 3.63) is 24.3 Å². The van der Waals surface area contributed by atoms with Gasteiger partial charge in [0.1, 0.15) is 11.5 Å². The normalized spacial score (nSPS) is 11.3. The van der Waals surface area contributed by atoms with Crippen LogP contribution in [0.3, 0.4) is 0 Å². The molecule has 0 spiro atoms. The maximum Gasteiger partial charge on any atom is 0.182 e. The molecule has 1 aromatic heterocycles. The summed E-state index contributed by atoms with van der Waals surface area (Å²) in [6, 6.07) is 5.89. The summed E-state index contributed by atoms with van der Waals surface area (Å²) < 4.78 is 0. The van der Waals surface area contributed by atoms with Crippen LogP contribution in [-0.2, 0) is 0 Å². The fourth-order valence-electron chi connectivity index (χ4n) is 2.04. The van der Waals surface area contributed by atoms with Gasteiger partial charge in [0.05, 0.1) is 16.4 Å². The van der Waals surface area contributed by atoms with Crippen molar-refractivity contribution in [3.8, 4) is 23.0 Å². The zero-order valence-corrected chi connectivity index (χ0v) is 8.60. The molecule has 0 amide bonds. The lowest BCUT2D eigenvalue weighted by molar-refractivity contribution is 0.401. The summed E-state index contributed by atoms with van der Waals surface area (Å²) in [6.45, 7) is 0. The van der Waals surface area contributed by atoms with Crippen molar-refractivity contribution < 1.29 is 20.4 Å². The van der Waals surface area contributed by atoms with Crippen molar-refractivity contribution in [2.45, 2.75) is 0 Å². The fraction of sp³-hybridized carbons (Fsp3) is 0. The predicted octanol–water partition coefficient (Wildman–Crippen LogP) is 2.14. The topological polar surface area (TPSA) is 96.7 Å². The van der Waals surface area contributed by atoms with Crippen molar-refractivity contribution in [2.24, 2.45) is 0 Å². The summed E-state index contributed by atoms with van der Waals surface area (Å²) >= 11 is 0. The number of aromatic hydroxyl groups is 4. The highest BCUT2D eigenvalue weighted by molar-refractivity contribution is 6.14. The summed E-state index contributed by atoms with van der Waals surface area (Å²) in [7, 11) is 0. The summed E-state index contributed by atoms with van der Waals surface area (Å²) in [6.07, 6.45) is 0. The molecule has 0 aliphatic carbocycles. The van der Waals surface area contributed by atoms with E-state index in [4.69, 9.17) is 0 Å². The molecule has 0 saturated heterocycles. The van der Waals surface area contributed by atoms with Crippen molar-refractivity contribution in [1.82, 2.24) is 4.98 Å². The minimum atomic E-state index is -0.416. The van der Waals surface area contributed by atoms with E-state index in [-0.39, 0.29) is 22.8 Å². The molecule has 0 atom stereocenters. The van der Waals surface area contributed by atoms with Crippen LogP contribution in [0.4, 0.5) is 0 Å². The third kappa shape index (κ3) is 1.13. The SMILES string of the molecule is Oc1cc(O)c2c([nH]c3c(O)cccc32)c1O. The maximum atomic E-state index is 9.78. The van der Waals surface area contributed by atoms with Gasteiger partial charge in [0.2, 0.25) is 0 Å². The molecule has 5 nitrogen and oxygen atoms in total. The van der Waals surface area contributed by atoms with Gasteiger partial charge < -0.3 is 25.4 Å². The van der Waals surface area contributed by atoms with Crippen LogP contribution in [0.25, 0.3) is 21.8 Å². The Kier molecular flexibility index (Phi) is 1.69. The van der Waals surface area contributed by atoms with E-state index in [0.29, 0.717) is 16.3 Å². The molecule has 5 N–H and O–H groups in total. The van der Waals surface area contributed by atoms with E-state index in [1.54, 1.807) is 12.1 Å². The Bertz CT molecular complexity index is 745. The number of hydrogen-bond acceptors (Lipinski definition) is 4. The molecule has 0 aliphatic heterocycles. The quantitative estimate of drug-likeness (QED) is 0.302. The Morgan fingerprint density at radius 2 is 1.59 bits per heavy atom. The van der Waals surface area contributed by atoms with E-state index >= 15 is 0 Å². The van der Waals surface area contributed by atoms with Gasteiger partial charge in [-0.25, -0.2) is 0 Å². The summed E-state index contributed by atoms with van der Waals surface area (Å²) in [5, 5.41) is 39.5. The lowest BCUT2D eigenvalue weighted by Crippen LogP contribution is -1.74. The van der Waals surface area contributed by atoms with Crippen molar-refractivity contribution in [2.75, 3.05) is 0 Å². The van der Waals surface area contributed by atoms with E-state index in [9.17, 15) is 20.4 Å². The maximum absolute atomic E-state index is 9.78. The van der Waals surface area contributed by atoms with Gasteiger partial charge in [-0.3, -0.25) is 0 Å². The van der Waals surface area contributed by atoms with Crippen molar-refractivity contribution in [3.63, 3.8) is 0 Å². The number of rotatable bonds is 0. The minimum absolute atomic E-state index is 0.0111. The lowest BCUT2D eigenvalue weighted by Gasteiger charge is -2.01. The number of phenolic OH excluding ortho intramolecular Hbond substituents is 4. The number of aromatic nitrogens is 1. The first-order valence-electron chi connectivity index (χ1n) is 4.97. The summed E-state index contributed by atoms with van der Waals surface area (Å²) in [5.74, 6) is -0.918. The third-order valence-electron chi connectivity index (χ3n) is 2.82. The van der Waals surface area contributed by atoms with Crippen LogP contribution in [0.5, 0.6) is 23.0 Å². The van der Waals surface area contributed by atoms with Gasteiger partial charge in [-0.15, -0.1) is 0 Å². The van der Waals surface area contributed by atoms with Gasteiger partial charge in [-0.1, -0.05) is 12.1 Å². The predicted molar refractivity (Wildman–Crippen MR) is 62.5 cm³/mol. The molecule has 0 radical (unpaired) electrons. The Balaban J connectivity index is 2.65. The van der Waals surface area contributed by atoms with E-state index in [1.165, 1.54) is 6.07 Å². The monoisotopic (exact) mass is 231 g/mol. The molecule has 3 aromatic rings. The first-order chi connectivity index (χ1) is 8.09. The molecule has 3 rings (SSSR count).